The number of carboxylic acid groups (broad SMARTS) is 1. The summed E-state index contributed by atoms with van der Waals surface area (Å²) >= 11 is 0. The van der Waals surface area contributed by atoms with E-state index in [-0.39, 0.29) is 30.1 Å². The van der Waals surface area contributed by atoms with Gasteiger partial charge in [0.25, 0.3) is 0 Å². The number of aromatic carboxylic acids is 1. The first-order valence-electron chi connectivity index (χ1n) is 13.1. The molecule has 40 heavy (non-hydrogen) atoms. The lowest BCUT2D eigenvalue weighted by Gasteiger charge is -2.30. The van der Waals surface area contributed by atoms with Gasteiger partial charge in [-0.25, -0.2) is 9.78 Å². The summed E-state index contributed by atoms with van der Waals surface area (Å²) < 4.78 is 18.9. The highest BCUT2D eigenvalue weighted by atomic mass is 16.5. The fraction of sp³-hybridized carbons (Fsp3) is 0.300. The summed E-state index contributed by atoms with van der Waals surface area (Å²) in [6.45, 7) is 2.14. The van der Waals surface area contributed by atoms with Crippen molar-refractivity contribution in [2.75, 3.05) is 32.2 Å². The Morgan fingerprint density at radius 1 is 1.10 bits per heavy atom. The average molecular weight is 543 g/mol. The molecule has 6 rings (SSSR count). The van der Waals surface area contributed by atoms with Crippen molar-refractivity contribution in [2.24, 2.45) is 0 Å². The average Bonchev–Trinajstić information content (AvgIpc) is 3.62. The quantitative estimate of drug-likeness (QED) is 0.329. The second kappa shape index (κ2) is 10.5. The van der Waals surface area contributed by atoms with Crippen molar-refractivity contribution >= 4 is 22.8 Å². The molecule has 2 saturated heterocycles. The van der Waals surface area contributed by atoms with Gasteiger partial charge in [0, 0.05) is 43.0 Å². The number of rotatable bonds is 9. The second-order valence-corrected chi connectivity index (χ2v) is 10.1. The molecule has 10 nitrogen and oxygen atoms in total. The fourth-order valence-corrected chi connectivity index (χ4v) is 5.59. The lowest BCUT2D eigenvalue weighted by Crippen LogP contribution is -2.44. The number of methoxy groups -OCH3 is 2. The minimum atomic E-state index is -1.30. The van der Waals surface area contributed by atoms with Gasteiger partial charge in [0.15, 0.2) is 11.6 Å². The predicted molar refractivity (Wildman–Crippen MR) is 150 cm³/mol. The van der Waals surface area contributed by atoms with Crippen molar-refractivity contribution in [1.82, 2.24) is 14.9 Å². The number of pyridine rings is 2. The normalized spacial score (nSPS) is 17.8. The van der Waals surface area contributed by atoms with E-state index >= 15 is 0 Å². The molecule has 10 heteroatoms. The van der Waals surface area contributed by atoms with Gasteiger partial charge in [-0.05, 0) is 30.2 Å². The third kappa shape index (κ3) is 4.71. The largest absolute Gasteiger partial charge is 0.497 e. The Hall–Kier alpha value is -4.57. The van der Waals surface area contributed by atoms with E-state index in [2.05, 4.69) is 10.2 Å². The van der Waals surface area contributed by atoms with Gasteiger partial charge in [0.2, 0.25) is 5.43 Å². The lowest BCUT2D eigenvalue weighted by molar-refractivity contribution is 0.0695. The number of benzene rings is 2. The van der Waals surface area contributed by atoms with E-state index in [4.69, 9.17) is 19.2 Å². The van der Waals surface area contributed by atoms with Crippen LogP contribution in [0.15, 0.2) is 65.6 Å². The monoisotopic (exact) mass is 542 g/mol. The number of fused-ring (bicyclic) bond motifs is 3. The van der Waals surface area contributed by atoms with Gasteiger partial charge in [-0.3, -0.25) is 4.79 Å². The summed E-state index contributed by atoms with van der Waals surface area (Å²) in [5, 5.41) is 13.6. The Balaban J connectivity index is 1.51. The Morgan fingerprint density at radius 3 is 2.60 bits per heavy atom. The molecule has 2 fully saturated rings. The lowest BCUT2D eigenvalue weighted by atomic mass is 10.1. The highest BCUT2D eigenvalue weighted by Gasteiger charge is 2.39. The summed E-state index contributed by atoms with van der Waals surface area (Å²) in [7, 11) is 3.14. The molecule has 0 spiro atoms. The molecule has 206 valence electrons. The van der Waals surface area contributed by atoms with Gasteiger partial charge in [0.1, 0.15) is 29.3 Å². The first-order chi connectivity index (χ1) is 19.4. The zero-order valence-electron chi connectivity index (χ0n) is 22.3. The van der Waals surface area contributed by atoms with E-state index in [1.165, 1.54) is 6.20 Å². The maximum Gasteiger partial charge on any atom is 0.341 e. The first-order valence-corrected chi connectivity index (χ1v) is 13.1. The smallest absolute Gasteiger partial charge is 0.341 e. The predicted octanol–water partition coefficient (Wildman–Crippen LogP) is 3.29. The van der Waals surface area contributed by atoms with Gasteiger partial charge in [-0.1, -0.05) is 30.3 Å². The van der Waals surface area contributed by atoms with Gasteiger partial charge in [0.05, 0.1) is 26.2 Å². The summed E-state index contributed by atoms with van der Waals surface area (Å²) in [6.07, 6.45) is 2.36. The van der Waals surface area contributed by atoms with Crippen molar-refractivity contribution in [3.63, 3.8) is 0 Å². The van der Waals surface area contributed by atoms with Crippen LogP contribution >= 0.6 is 0 Å². The van der Waals surface area contributed by atoms with Crippen molar-refractivity contribution in [2.45, 2.75) is 31.7 Å². The molecule has 0 saturated carbocycles. The first kappa shape index (κ1) is 25.7. The van der Waals surface area contributed by atoms with Crippen LogP contribution in [-0.4, -0.2) is 60.0 Å². The maximum atomic E-state index is 13.4. The van der Waals surface area contributed by atoms with Crippen LogP contribution in [0.4, 0.5) is 5.82 Å². The summed E-state index contributed by atoms with van der Waals surface area (Å²) in [5.41, 5.74) is 1.19. The van der Waals surface area contributed by atoms with Crippen molar-refractivity contribution in [3.05, 3.63) is 87.7 Å². The number of nitrogens with zero attached hydrogens (tertiary/aromatic N) is 3. The van der Waals surface area contributed by atoms with Crippen LogP contribution in [0, 0.1) is 0 Å². The zero-order valence-corrected chi connectivity index (χ0v) is 22.3. The number of nitrogens with one attached hydrogen (secondary N) is 1. The molecule has 4 aromatic rings. The number of carbonyl (C=O) groups is 1. The molecule has 4 heterocycles. The van der Waals surface area contributed by atoms with E-state index in [0.29, 0.717) is 34.8 Å². The van der Waals surface area contributed by atoms with Gasteiger partial charge >= 0.3 is 5.97 Å². The van der Waals surface area contributed by atoms with E-state index in [9.17, 15) is 14.7 Å². The Kier molecular flexibility index (Phi) is 6.77. The van der Waals surface area contributed by atoms with Crippen LogP contribution in [0.3, 0.4) is 0 Å². The third-order valence-corrected chi connectivity index (χ3v) is 7.63. The number of carboxylic acids is 1. The molecule has 2 atom stereocenters. The number of anilines is 1. The number of piperazine rings is 1. The molecule has 2 aromatic carbocycles. The molecule has 0 unspecified atom stereocenters. The molecular weight excluding hydrogens is 512 g/mol. The van der Waals surface area contributed by atoms with Crippen LogP contribution in [0.1, 0.15) is 27.9 Å². The highest BCUT2D eigenvalue weighted by molar-refractivity contribution is 5.92. The van der Waals surface area contributed by atoms with E-state index in [0.717, 1.165) is 30.6 Å². The van der Waals surface area contributed by atoms with Crippen molar-refractivity contribution < 1.29 is 24.1 Å². The van der Waals surface area contributed by atoms with Crippen molar-refractivity contribution in [1.29, 1.82) is 0 Å². The zero-order chi connectivity index (χ0) is 27.8. The SMILES string of the molecule is COc1ccc(Cn2cc(C(=O)O)c(=O)c3cc(OCc4ccccc4)c(N4C[C@@H]5C[C@H]4CN5)nc32)c(OC)c1. The maximum absolute atomic E-state index is 13.4. The van der Waals surface area contributed by atoms with Gasteiger partial charge < -0.3 is 34.1 Å². The molecule has 2 aromatic heterocycles. The second-order valence-electron chi connectivity index (χ2n) is 10.1. The van der Waals surface area contributed by atoms with Gasteiger partial charge in [-0.15, -0.1) is 0 Å². The van der Waals surface area contributed by atoms with Crippen molar-refractivity contribution in [3.8, 4) is 17.2 Å². The van der Waals surface area contributed by atoms with Crippen LogP contribution in [0.2, 0.25) is 0 Å². The molecule has 2 N–H and O–H groups in total. The molecular formula is C30H30N4O6. The molecule has 0 radical (unpaired) electrons. The minimum absolute atomic E-state index is 0.182. The molecule has 2 bridgehead atoms. The number of aromatic nitrogens is 2. The Bertz CT molecular complexity index is 1640. The van der Waals surface area contributed by atoms with E-state index in [1.54, 1.807) is 30.9 Å². The van der Waals surface area contributed by atoms with Crippen LogP contribution in [0.5, 0.6) is 17.2 Å². The molecule has 2 aliphatic heterocycles. The van der Waals surface area contributed by atoms with Crippen LogP contribution < -0.4 is 29.9 Å². The van der Waals surface area contributed by atoms with Crippen LogP contribution in [-0.2, 0) is 13.2 Å². The molecule has 0 amide bonds. The topological polar surface area (TPSA) is 115 Å². The Morgan fingerprint density at radius 2 is 1.93 bits per heavy atom. The van der Waals surface area contributed by atoms with E-state index in [1.807, 2.05) is 42.5 Å². The van der Waals surface area contributed by atoms with Gasteiger partial charge in [-0.2, -0.15) is 0 Å². The standard InChI is InChI=1S/C30H30N4O6/c1-38-22-9-8-19(25(11-22)39-2)14-33-16-24(30(36)37)27(35)23-12-26(40-17-18-6-4-3-5-7-18)29(32-28(23)33)34-15-20-10-21(34)13-31-20/h3-9,11-12,16,20-21,31H,10,13-15,17H2,1-2H3,(H,36,37)/t20-,21-/m0/s1. The fourth-order valence-electron chi connectivity index (χ4n) is 5.59. The Labute approximate surface area is 230 Å². The van der Waals surface area contributed by atoms with E-state index < -0.39 is 11.4 Å². The third-order valence-electron chi connectivity index (χ3n) is 7.63. The highest BCUT2D eigenvalue weighted by Crippen LogP contribution is 2.37. The number of ether oxygens (including phenoxy) is 3. The number of hydrogen-bond donors (Lipinski definition) is 2. The summed E-state index contributed by atoms with van der Waals surface area (Å²) in [6, 6.07) is 17.4. The van der Waals surface area contributed by atoms with Crippen LogP contribution in [0.25, 0.3) is 11.0 Å². The minimum Gasteiger partial charge on any atom is -0.497 e. The molecule has 2 aliphatic rings. The summed E-state index contributed by atoms with van der Waals surface area (Å²) in [5.74, 6) is 1.01. The summed E-state index contributed by atoms with van der Waals surface area (Å²) in [4.78, 5) is 32.8. The molecule has 0 aliphatic carbocycles. The number of hydrogen-bond acceptors (Lipinski definition) is 8.